The van der Waals surface area contributed by atoms with Crippen LogP contribution in [0.15, 0.2) is 72.8 Å². The van der Waals surface area contributed by atoms with Crippen LogP contribution in [0.3, 0.4) is 0 Å². The van der Waals surface area contributed by atoms with E-state index < -0.39 is 5.82 Å². The molecule has 142 valence electrons. The number of nitrogens with one attached hydrogen (secondary N) is 1. The Labute approximate surface area is 163 Å². The lowest BCUT2D eigenvalue weighted by Crippen LogP contribution is -2.27. The van der Waals surface area contributed by atoms with Crippen LogP contribution in [0.25, 0.3) is 0 Å². The van der Waals surface area contributed by atoms with Crippen LogP contribution in [0.1, 0.15) is 31.8 Å². The Morgan fingerprint density at radius 1 is 0.893 bits per heavy atom. The predicted molar refractivity (Wildman–Crippen MR) is 105 cm³/mol. The normalized spacial score (nSPS) is 10.4. The molecule has 1 amide bonds. The number of halogens is 1. The van der Waals surface area contributed by atoms with Gasteiger partial charge in [0, 0.05) is 17.7 Å². The largest absolute Gasteiger partial charge is 0.497 e. The Bertz CT molecular complexity index is 966. The van der Waals surface area contributed by atoms with Crippen LogP contribution >= 0.6 is 0 Å². The molecular formula is C23H20FNO3. The number of hydrogen-bond acceptors (Lipinski definition) is 3. The summed E-state index contributed by atoms with van der Waals surface area (Å²) in [5.41, 5.74) is 1.99. The first-order chi connectivity index (χ1) is 13.6. The second-order valence-electron chi connectivity index (χ2n) is 6.24. The minimum atomic E-state index is -0.416. The van der Waals surface area contributed by atoms with Gasteiger partial charge < -0.3 is 10.1 Å². The standard InChI is InChI=1S/C23H20FNO3/c1-28-19-12-6-16(7-13-19)14-15-25-23(27)21-5-3-2-4-20(21)22(26)17-8-10-18(24)11-9-17/h2-13H,14-15H2,1H3,(H,25,27). The summed E-state index contributed by atoms with van der Waals surface area (Å²) in [6, 6.07) is 19.5. The molecule has 0 radical (unpaired) electrons. The average Bonchev–Trinajstić information content (AvgIpc) is 2.74. The van der Waals surface area contributed by atoms with Gasteiger partial charge >= 0.3 is 0 Å². The zero-order valence-electron chi connectivity index (χ0n) is 15.4. The second kappa shape index (κ2) is 8.95. The van der Waals surface area contributed by atoms with E-state index in [1.165, 1.54) is 24.3 Å². The molecule has 0 unspecified atom stereocenters. The molecule has 0 spiro atoms. The summed E-state index contributed by atoms with van der Waals surface area (Å²) in [7, 11) is 1.61. The average molecular weight is 377 g/mol. The number of hydrogen-bond donors (Lipinski definition) is 1. The van der Waals surface area contributed by atoms with Crippen molar-refractivity contribution in [2.45, 2.75) is 6.42 Å². The highest BCUT2D eigenvalue weighted by Crippen LogP contribution is 2.16. The summed E-state index contributed by atoms with van der Waals surface area (Å²) >= 11 is 0. The van der Waals surface area contributed by atoms with Crippen molar-refractivity contribution in [3.05, 3.63) is 101 Å². The molecule has 0 fully saturated rings. The van der Waals surface area contributed by atoms with E-state index in [1.807, 2.05) is 24.3 Å². The summed E-state index contributed by atoms with van der Waals surface area (Å²) in [6.45, 7) is 0.435. The van der Waals surface area contributed by atoms with E-state index in [1.54, 1.807) is 31.4 Å². The van der Waals surface area contributed by atoms with Crippen LogP contribution < -0.4 is 10.1 Å². The summed E-state index contributed by atoms with van der Waals surface area (Å²) in [5.74, 6) is -0.275. The summed E-state index contributed by atoms with van der Waals surface area (Å²) in [4.78, 5) is 25.3. The van der Waals surface area contributed by atoms with Crippen molar-refractivity contribution in [1.29, 1.82) is 0 Å². The maximum Gasteiger partial charge on any atom is 0.252 e. The molecule has 0 heterocycles. The van der Waals surface area contributed by atoms with Gasteiger partial charge in [-0.1, -0.05) is 30.3 Å². The number of carbonyl (C=O) groups is 2. The molecule has 0 aliphatic heterocycles. The van der Waals surface area contributed by atoms with Gasteiger partial charge in [0.05, 0.1) is 12.7 Å². The third-order valence-corrected chi connectivity index (χ3v) is 4.38. The maximum absolute atomic E-state index is 13.1. The maximum atomic E-state index is 13.1. The third kappa shape index (κ3) is 4.62. The number of ketones is 1. The lowest BCUT2D eigenvalue weighted by atomic mass is 9.98. The van der Waals surface area contributed by atoms with Crippen LogP contribution in [-0.2, 0) is 6.42 Å². The quantitative estimate of drug-likeness (QED) is 0.633. The predicted octanol–water partition coefficient (Wildman–Crippen LogP) is 4.04. The molecule has 0 saturated carbocycles. The molecule has 3 rings (SSSR count). The number of methoxy groups -OCH3 is 1. The first-order valence-electron chi connectivity index (χ1n) is 8.89. The number of carbonyl (C=O) groups excluding carboxylic acids is 2. The van der Waals surface area contributed by atoms with Gasteiger partial charge in [0.1, 0.15) is 11.6 Å². The van der Waals surface area contributed by atoms with Crippen LogP contribution in [0.4, 0.5) is 4.39 Å². The minimum Gasteiger partial charge on any atom is -0.497 e. The third-order valence-electron chi connectivity index (χ3n) is 4.38. The van der Waals surface area contributed by atoms with E-state index in [0.717, 1.165) is 11.3 Å². The van der Waals surface area contributed by atoms with Gasteiger partial charge in [0.15, 0.2) is 5.78 Å². The van der Waals surface area contributed by atoms with Crippen molar-refractivity contribution >= 4 is 11.7 Å². The number of amides is 1. The highest BCUT2D eigenvalue weighted by Gasteiger charge is 2.17. The molecule has 5 heteroatoms. The van der Waals surface area contributed by atoms with Gasteiger partial charge in [-0.25, -0.2) is 4.39 Å². The SMILES string of the molecule is COc1ccc(CCNC(=O)c2ccccc2C(=O)c2ccc(F)cc2)cc1. The van der Waals surface area contributed by atoms with Crippen molar-refractivity contribution in [2.24, 2.45) is 0 Å². The monoisotopic (exact) mass is 377 g/mol. The fraction of sp³-hybridized carbons (Fsp3) is 0.130. The van der Waals surface area contributed by atoms with Gasteiger partial charge in [-0.2, -0.15) is 0 Å². The Morgan fingerprint density at radius 2 is 1.54 bits per heavy atom. The van der Waals surface area contributed by atoms with Crippen LogP contribution in [0.2, 0.25) is 0 Å². The van der Waals surface area contributed by atoms with E-state index in [9.17, 15) is 14.0 Å². The molecule has 28 heavy (non-hydrogen) atoms. The fourth-order valence-corrected chi connectivity index (χ4v) is 2.84. The molecular weight excluding hydrogens is 357 g/mol. The number of rotatable bonds is 7. The Kier molecular flexibility index (Phi) is 6.17. The smallest absolute Gasteiger partial charge is 0.252 e. The Hall–Kier alpha value is -3.47. The van der Waals surface area contributed by atoms with E-state index >= 15 is 0 Å². The first kappa shape index (κ1) is 19.3. The lowest BCUT2D eigenvalue weighted by Gasteiger charge is -2.10. The summed E-state index contributed by atoms with van der Waals surface area (Å²) in [5, 5.41) is 2.85. The van der Waals surface area contributed by atoms with E-state index in [2.05, 4.69) is 5.32 Å². The van der Waals surface area contributed by atoms with Crippen molar-refractivity contribution in [2.75, 3.05) is 13.7 Å². The van der Waals surface area contributed by atoms with Crippen molar-refractivity contribution in [3.8, 4) is 5.75 Å². The second-order valence-corrected chi connectivity index (χ2v) is 6.24. The molecule has 4 nitrogen and oxygen atoms in total. The van der Waals surface area contributed by atoms with Gasteiger partial charge in [-0.3, -0.25) is 9.59 Å². The number of ether oxygens (including phenoxy) is 1. The molecule has 3 aromatic carbocycles. The first-order valence-corrected chi connectivity index (χ1v) is 8.89. The molecule has 0 aromatic heterocycles. The van der Waals surface area contributed by atoms with Crippen molar-refractivity contribution in [1.82, 2.24) is 5.32 Å². The molecule has 0 bridgehead atoms. The van der Waals surface area contributed by atoms with Gasteiger partial charge in [-0.15, -0.1) is 0 Å². The van der Waals surface area contributed by atoms with Crippen LogP contribution in [-0.4, -0.2) is 25.3 Å². The van der Waals surface area contributed by atoms with E-state index in [4.69, 9.17) is 4.74 Å². The molecule has 0 atom stereocenters. The highest BCUT2D eigenvalue weighted by molar-refractivity contribution is 6.15. The Morgan fingerprint density at radius 3 is 2.18 bits per heavy atom. The number of benzene rings is 3. The zero-order chi connectivity index (χ0) is 19.9. The van der Waals surface area contributed by atoms with Crippen LogP contribution in [0, 0.1) is 5.82 Å². The lowest BCUT2D eigenvalue weighted by molar-refractivity contribution is 0.0942. The zero-order valence-corrected chi connectivity index (χ0v) is 15.4. The van der Waals surface area contributed by atoms with Gasteiger partial charge in [0.25, 0.3) is 5.91 Å². The van der Waals surface area contributed by atoms with Gasteiger partial charge in [0.2, 0.25) is 0 Å². The summed E-state index contributed by atoms with van der Waals surface area (Å²) in [6.07, 6.45) is 0.657. The van der Waals surface area contributed by atoms with Crippen LogP contribution in [0.5, 0.6) is 5.75 Å². The highest BCUT2D eigenvalue weighted by atomic mass is 19.1. The summed E-state index contributed by atoms with van der Waals surface area (Å²) < 4.78 is 18.2. The van der Waals surface area contributed by atoms with Gasteiger partial charge in [-0.05, 0) is 54.4 Å². The minimum absolute atomic E-state index is 0.288. The molecule has 0 aliphatic rings. The molecule has 0 aliphatic carbocycles. The van der Waals surface area contributed by atoms with E-state index in [-0.39, 0.29) is 17.3 Å². The topological polar surface area (TPSA) is 55.4 Å². The fourth-order valence-electron chi connectivity index (χ4n) is 2.84. The van der Waals surface area contributed by atoms with E-state index in [0.29, 0.717) is 24.1 Å². The van der Waals surface area contributed by atoms with Crippen molar-refractivity contribution in [3.63, 3.8) is 0 Å². The molecule has 0 saturated heterocycles. The molecule has 1 N–H and O–H groups in total. The Balaban J connectivity index is 1.68. The molecule has 3 aromatic rings. The van der Waals surface area contributed by atoms with Crippen molar-refractivity contribution < 1.29 is 18.7 Å².